The Bertz CT molecular complexity index is 1930. The van der Waals surface area contributed by atoms with E-state index in [4.69, 9.17) is 15.0 Å². The zero-order valence-corrected chi connectivity index (χ0v) is 19.2. The molecule has 0 aliphatic carbocycles. The fraction of sp³-hybridized carbons (Fsp3) is 0. The zero-order valence-electron chi connectivity index (χ0n) is 19.2. The molecule has 8 rings (SSSR count). The summed E-state index contributed by atoms with van der Waals surface area (Å²) in [6.07, 6.45) is 5.43. The van der Waals surface area contributed by atoms with E-state index in [2.05, 4.69) is 94.1 Å². The van der Waals surface area contributed by atoms with Crippen LogP contribution in [-0.2, 0) is 0 Å². The quantitative estimate of drug-likeness (QED) is 0.273. The Hall–Kier alpha value is -5.03. The summed E-state index contributed by atoms with van der Waals surface area (Å²) in [6.45, 7) is 0. The lowest BCUT2D eigenvalue weighted by molar-refractivity contribution is 1.08. The molecule has 0 saturated carbocycles. The number of fused-ring (bicyclic) bond motifs is 10. The average Bonchev–Trinajstić information content (AvgIpc) is 3.48. The van der Waals surface area contributed by atoms with E-state index in [1.165, 1.54) is 0 Å². The van der Waals surface area contributed by atoms with E-state index in [0.717, 1.165) is 66.2 Å². The molecule has 0 bridgehead atoms. The molecule has 168 valence electrons. The van der Waals surface area contributed by atoms with Gasteiger partial charge in [-0.05, 0) is 36.4 Å². The molecule has 0 aliphatic rings. The lowest BCUT2D eigenvalue weighted by atomic mass is 10.1. The summed E-state index contributed by atoms with van der Waals surface area (Å²) in [6, 6.07) is 33.7. The second-order valence-corrected chi connectivity index (χ2v) is 8.93. The molecule has 0 saturated heterocycles. The van der Waals surface area contributed by atoms with Crippen molar-refractivity contribution in [2.75, 3.05) is 0 Å². The average molecular weight is 462 g/mol. The van der Waals surface area contributed by atoms with Gasteiger partial charge in [-0.2, -0.15) is 0 Å². The lowest BCUT2D eigenvalue weighted by Gasteiger charge is -2.12. The van der Waals surface area contributed by atoms with Crippen LogP contribution >= 0.6 is 0 Å². The summed E-state index contributed by atoms with van der Waals surface area (Å²) < 4.78 is 4.64. The van der Waals surface area contributed by atoms with Crippen LogP contribution < -0.4 is 0 Å². The maximum atomic E-state index is 4.90. The largest absolute Gasteiger partial charge is 0.307 e. The molecule has 4 aromatic heterocycles. The number of para-hydroxylation sites is 3. The minimum absolute atomic E-state index is 0.873. The van der Waals surface area contributed by atoms with Gasteiger partial charge in [-0.25, -0.2) is 4.98 Å². The molecule has 0 atom stereocenters. The fourth-order valence-electron chi connectivity index (χ4n) is 5.68. The first-order valence-electron chi connectivity index (χ1n) is 12.0. The topological polar surface area (TPSA) is 48.5 Å². The highest BCUT2D eigenvalue weighted by molar-refractivity contribution is 6.34. The molecule has 0 unspecified atom stereocenters. The van der Waals surface area contributed by atoms with E-state index in [-0.39, 0.29) is 0 Å². The molecule has 5 nitrogen and oxygen atoms in total. The SMILES string of the molecule is c1ccc(-n2c3ccccc3c3c4nccnc4c4c5ccccc5n(-c5ccccn5)c4c32)cc1. The first-order valence-corrected chi connectivity index (χ1v) is 12.0. The maximum absolute atomic E-state index is 4.90. The molecule has 4 aromatic carbocycles. The molecule has 0 spiro atoms. The second kappa shape index (κ2) is 7.23. The van der Waals surface area contributed by atoms with Gasteiger partial charge in [-0.1, -0.05) is 60.7 Å². The molecule has 8 aromatic rings. The van der Waals surface area contributed by atoms with Crippen molar-refractivity contribution in [3.63, 3.8) is 0 Å². The first kappa shape index (κ1) is 19.3. The number of hydrogen-bond acceptors (Lipinski definition) is 3. The second-order valence-electron chi connectivity index (χ2n) is 8.93. The number of hydrogen-bond donors (Lipinski definition) is 0. The van der Waals surface area contributed by atoms with E-state index < -0.39 is 0 Å². The summed E-state index contributed by atoms with van der Waals surface area (Å²) in [5.41, 5.74) is 7.33. The summed E-state index contributed by atoms with van der Waals surface area (Å²) in [4.78, 5) is 14.6. The molecule has 0 N–H and O–H groups in total. The van der Waals surface area contributed by atoms with Gasteiger partial charge in [0.25, 0.3) is 0 Å². The van der Waals surface area contributed by atoms with Crippen LogP contribution in [0, 0.1) is 0 Å². The van der Waals surface area contributed by atoms with Crippen LogP contribution in [0.25, 0.3) is 66.2 Å². The molecule has 4 heterocycles. The maximum Gasteiger partial charge on any atom is 0.137 e. The lowest BCUT2D eigenvalue weighted by Crippen LogP contribution is -2.00. The molecule has 36 heavy (non-hydrogen) atoms. The number of nitrogens with zero attached hydrogens (tertiary/aromatic N) is 5. The van der Waals surface area contributed by atoms with Crippen LogP contribution in [0.15, 0.2) is 116 Å². The van der Waals surface area contributed by atoms with Crippen LogP contribution in [0.4, 0.5) is 0 Å². The Morgan fingerprint density at radius 3 is 1.64 bits per heavy atom. The molecular weight excluding hydrogens is 442 g/mol. The third kappa shape index (κ3) is 2.46. The number of pyridine rings is 1. The van der Waals surface area contributed by atoms with Crippen LogP contribution in [0.5, 0.6) is 0 Å². The summed E-state index contributed by atoms with van der Waals surface area (Å²) in [7, 11) is 0. The van der Waals surface area contributed by atoms with Gasteiger partial charge in [0.1, 0.15) is 5.82 Å². The predicted molar refractivity (Wildman–Crippen MR) is 146 cm³/mol. The van der Waals surface area contributed by atoms with Gasteiger partial charge in [0.15, 0.2) is 0 Å². The van der Waals surface area contributed by atoms with E-state index in [1.807, 2.05) is 18.3 Å². The van der Waals surface area contributed by atoms with Crippen LogP contribution in [-0.4, -0.2) is 24.1 Å². The van der Waals surface area contributed by atoms with Gasteiger partial charge in [-0.15, -0.1) is 0 Å². The Kier molecular flexibility index (Phi) is 3.88. The third-order valence-electron chi connectivity index (χ3n) is 7.04. The Morgan fingerprint density at radius 2 is 1.00 bits per heavy atom. The number of benzene rings is 4. The zero-order chi connectivity index (χ0) is 23.6. The highest BCUT2D eigenvalue weighted by atomic mass is 15.1. The number of aromatic nitrogens is 5. The van der Waals surface area contributed by atoms with Crippen molar-refractivity contribution < 1.29 is 0 Å². The molecule has 5 heteroatoms. The van der Waals surface area contributed by atoms with Gasteiger partial charge >= 0.3 is 0 Å². The summed E-state index contributed by atoms with van der Waals surface area (Å²) in [5.74, 6) is 0.873. The van der Waals surface area contributed by atoms with Gasteiger partial charge < -0.3 is 4.57 Å². The van der Waals surface area contributed by atoms with Crippen molar-refractivity contribution >= 4 is 54.6 Å². The van der Waals surface area contributed by atoms with Crippen LogP contribution in [0.1, 0.15) is 0 Å². The van der Waals surface area contributed by atoms with Crippen molar-refractivity contribution in [2.24, 2.45) is 0 Å². The monoisotopic (exact) mass is 461 g/mol. The normalized spacial score (nSPS) is 11.9. The van der Waals surface area contributed by atoms with E-state index >= 15 is 0 Å². The van der Waals surface area contributed by atoms with Crippen LogP contribution in [0.3, 0.4) is 0 Å². The highest BCUT2D eigenvalue weighted by Gasteiger charge is 2.25. The Labute approximate surface area is 205 Å². The molecule has 0 radical (unpaired) electrons. The van der Waals surface area contributed by atoms with Crippen LogP contribution in [0.2, 0.25) is 0 Å². The highest BCUT2D eigenvalue weighted by Crippen LogP contribution is 2.45. The van der Waals surface area contributed by atoms with E-state index in [0.29, 0.717) is 0 Å². The Morgan fingerprint density at radius 1 is 0.444 bits per heavy atom. The fourth-order valence-corrected chi connectivity index (χ4v) is 5.68. The standard InChI is InChI=1S/C31H19N5/c1-2-10-20(11-3-1)35-23-14-6-4-12-21(23)26-28-29(34-19-18-33-28)27-22-13-5-7-15-24(22)36(31(27)30(26)35)25-16-8-9-17-32-25/h1-19H. The minimum atomic E-state index is 0.873. The van der Waals surface area contributed by atoms with Crippen molar-refractivity contribution in [3.05, 3.63) is 116 Å². The molecule has 0 amide bonds. The van der Waals surface area contributed by atoms with Crippen molar-refractivity contribution in [3.8, 4) is 11.5 Å². The smallest absolute Gasteiger partial charge is 0.137 e. The summed E-state index contributed by atoms with van der Waals surface area (Å²) in [5, 5.41) is 4.48. The number of rotatable bonds is 2. The third-order valence-corrected chi connectivity index (χ3v) is 7.04. The van der Waals surface area contributed by atoms with Gasteiger partial charge in [0, 0.05) is 45.8 Å². The van der Waals surface area contributed by atoms with E-state index in [9.17, 15) is 0 Å². The van der Waals surface area contributed by atoms with E-state index in [1.54, 1.807) is 12.4 Å². The molecule has 0 fully saturated rings. The molecule has 0 aliphatic heterocycles. The van der Waals surface area contributed by atoms with Gasteiger partial charge in [0.2, 0.25) is 0 Å². The summed E-state index contributed by atoms with van der Waals surface area (Å²) >= 11 is 0. The minimum Gasteiger partial charge on any atom is -0.307 e. The molecular formula is C31H19N5. The predicted octanol–water partition coefficient (Wildman–Crippen LogP) is 7.22. The first-order chi connectivity index (χ1) is 17.9. The van der Waals surface area contributed by atoms with Gasteiger partial charge in [0.05, 0.1) is 33.1 Å². The van der Waals surface area contributed by atoms with Crippen molar-refractivity contribution in [2.45, 2.75) is 0 Å². The van der Waals surface area contributed by atoms with Crippen molar-refractivity contribution in [1.82, 2.24) is 24.1 Å². The van der Waals surface area contributed by atoms with Gasteiger partial charge in [-0.3, -0.25) is 14.5 Å². The Balaban J connectivity index is 1.79. The van der Waals surface area contributed by atoms with Crippen molar-refractivity contribution in [1.29, 1.82) is 0 Å².